The number of anilines is 1. The third-order valence-corrected chi connectivity index (χ3v) is 5.12. The molecule has 2 aliphatic rings. The monoisotopic (exact) mass is 366 g/mol. The van der Waals surface area contributed by atoms with E-state index in [1.807, 2.05) is 15.6 Å². The third-order valence-electron chi connectivity index (χ3n) is 5.12. The first kappa shape index (κ1) is 17.4. The predicted octanol–water partition coefficient (Wildman–Crippen LogP) is 1.51. The number of hydrogen-bond acceptors (Lipinski definition) is 5. The van der Waals surface area contributed by atoms with Crippen LogP contribution in [0.15, 0.2) is 31.0 Å². The predicted molar refractivity (Wildman–Crippen MR) is 99.5 cm³/mol. The van der Waals surface area contributed by atoms with Crippen LogP contribution < -0.4 is 5.32 Å². The number of aromatic nitrogens is 4. The van der Waals surface area contributed by atoms with E-state index in [9.17, 15) is 9.59 Å². The van der Waals surface area contributed by atoms with E-state index in [4.69, 9.17) is 0 Å². The fourth-order valence-corrected chi connectivity index (χ4v) is 3.57. The molecule has 0 aliphatic carbocycles. The molecule has 2 aromatic heterocycles. The minimum Gasteiger partial charge on any atom is -0.339 e. The Labute approximate surface area is 157 Å². The molecular weight excluding hydrogens is 344 g/mol. The number of nitrogens with one attached hydrogen (secondary N) is 1. The summed E-state index contributed by atoms with van der Waals surface area (Å²) in [6.45, 7) is 2.38. The van der Waals surface area contributed by atoms with Crippen LogP contribution in [0, 0.1) is 5.92 Å². The molecule has 0 spiro atoms. The average molecular weight is 366 g/mol. The zero-order chi connectivity index (χ0) is 18.6. The van der Waals surface area contributed by atoms with E-state index in [1.54, 1.807) is 31.0 Å². The first-order valence-electron chi connectivity index (χ1n) is 9.25. The van der Waals surface area contributed by atoms with Gasteiger partial charge in [0.2, 0.25) is 11.8 Å². The molecule has 0 radical (unpaired) electrons. The Hall–Kier alpha value is -3.03. The number of hydrogen-bond donors (Lipinski definition) is 1. The highest BCUT2D eigenvalue weighted by atomic mass is 16.2. The summed E-state index contributed by atoms with van der Waals surface area (Å²) in [5.41, 5.74) is 1.89. The van der Waals surface area contributed by atoms with Crippen LogP contribution in [0.3, 0.4) is 0 Å². The lowest BCUT2D eigenvalue weighted by atomic mass is 9.97. The van der Waals surface area contributed by atoms with E-state index in [-0.39, 0.29) is 11.8 Å². The van der Waals surface area contributed by atoms with Gasteiger partial charge in [0.15, 0.2) is 0 Å². The lowest BCUT2D eigenvalue weighted by Gasteiger charge is -2.31. The normalized spacial score (nSPS) is 17.8. The molecule has 0 bridgehead atoms. The van der Waals surface area contributed by atoms with Crippen molar-refractivity contribution in [2.75, 3.05) is 18.4 Å². The molecule has 0 aromatic carbocycles. The summed E-state index contributed by atoms with van der Waals surface area (Å²) in [6, 6.07) is 1.98. The van der Waals surface area contributed by atoms with Crippen molar-refractivity contribution in [1.82, 2.24) is 24.6 Å². The van der Waals surface area contributed by atoms with Gasteiger partial charge in [-0.1, -0.05) is 0 Å². The molecule has 2 aromatic rings. The fraction of sp³-hybridized carbons (Fsp3) is 0.421. The van der Waals surface area contributed by atoms with E-state index in [0.717, 1.165) is 43.6 Å². The maximum Gasteiger partial charge on any atom is 0.246 e. The van der Waals surface area contributed by atoms with Crippen LogP contribution in [-0.2, 0) is 22.6 Å². The number of amides is 2. The summed E-state index contributed by atoms with van der Waals surface area (Å²) < 4.78 is 1.85. The summed E-state index contributed by atoms with van der Waals surface area (Å²) in [5, 5.41) is 6.91. The van der Waals surface area contributed by atoms with E-state index in [1.165, 1.54) is 0 Å². The van der Waals surface area contributed by atoms with Gasteiger partial charge in [0.1, 0.15) is 18.5 Å². The van der Waals surface area contributed by atoms with Crippen LogP contribution in [0.25, 0.3) is 6.08 Å². The Bertz CT molecular complexity index is 853. The maximum absolute atomic E-state index is 12.5. The summed E-state index contributed by atoms with van der Waals surface area (Å²) in [5.74, 6) is 1.19. The van der Waals surface area contributed by atoms with Gasteiger partial charge in [0.05, 0.1) is 0 Å². The lowest BCUT2D eigenvalue weighted by molar-refractivity contribution is -0.127. The fourth-order valence-electron chi connectivity index (χ4n) is 3.57. The van der Waals surface area contributed by atoms with Crippen molar-refractivity contribution in [2.24, 2.45) is 5.92 Å². The third kappa shape index (κ3) is 4.21. The molecule has 2 aliphatic heterocycles. The molecule has 0 atom stereocenters. The molecule has 0 saturated carbocycles. The molecule has 4 rings (SSSR count). The maximum atomic E-state index is 12.5. The topological polar surface area (TPSA) is 93.0 Å². The summed E-state index contributed by atoms with van der Waals surface area (Å²) in [4.78, 5) is 34.0. The Balaban J connectivity index is 1.31. The van der Waals surface area contributed by atoms with Gasteiger partial charge in [-0.25, -0.2) is 9.97 Å². The smallest absolute Gasteiger partial charge is 0.246 e. The van der Waals surface area contributed by atoms with Crippen molar-refractivity contribution in [2.45, 2.75) is 32.2 Å². The Morgan fingerprint density at radius 1 is 1.30 bits per heavy atom. The van der Waals surface area contributed by atoms with Crippen LogP contribution in [0.1, 0.15) is 30.4 Å². The number of likely N-dealkylation sites (tertiary alicyclic amines) is 1. The molecule has 8 heteroatoms. The molecule has 27 heavy (non-hydrogen) atoms. The number of piperidine rings is 1. The molecule has 0 unspecified atom stereocenters. The number of rotatable bonds is 4. The molecule has 1 N–H and O–H groups in total. The second-order valence-electron chi connectivity index (χ2n) is 7.04. The van der Waals surface area contributed by atoms with Crippen LogP contribution in [-0.4, -0.2) is 49.6 Å². The largest absolute Gasteiger partial charge is 0.339 e. The Kier molecular flexibility index (Phi) is 4.95. The SMILES string of the molecule is O=C1CCc2cc(/C=C/C(=O)N3CCC(Cn4cncn4)CC3)cnc2N1. The summed E-state index contributed by atoms with van der Waals surface area (Å²) in [7, 11) is 0. The van der Waals surface area contributed by atoms with E-state index in [0.29, 0.717) is 24.6 Å². The van der Waals surface area contributed by atoms with Gasteiger partial charge in [-0.15, -0.1) is 0 Å². The van der Waals surface area contributed by atoms with Crippen molar-refractivity contribution in [3.05, 3.63) is 42.1 Å². The number of carbonyl (C=O) groups excluding carboxylic acids is 2. The van der Waals surface area contributed by atoms with Gasteiger partial charge in [-0.05, 0) is 48.4 Å². The number of carbonyl (C=O) groups is 2. The zero-order valence-electron chi connectivity index (χ0n) is 15.0. The van der Waals surface area contributed by atoms with E-state index < -0.39 is 0 Å². The summed E-state index contributed by atoms with van der Waals surface area (Å²) in [6.07, 6.45) is 11.5. The van der Waals surface area contributed by atoms with Crippen molar-refractivity contribution < 1.29 is 9.59 Å². The minimum atomic E-state index is 0.000641. The number of nitrogens with zero attached hydrogens (tertiary/aromatic N) is 5. The molecule has 4 heterocycles. The van der Waals surface area contributed by atoms with Crippen molar-refractivity contribution in [3.8, 4) is 0 Å². The zero-order valence-corrected chi connectivity index (χ0v) is 15.0. The highest BCUT2D eigenvalue weighted by Crippen LogP contribution is 2.22. The number of pyridine rings is 1. The van der Waals surface area contributed by atoms with Gasteiger partial charge >= 0.3 is 0 Å². The van der Waals surface area contributed by atoms with Crippen molar-refractivity contribution in [3.63, 3.8) is 0 Å². The Morgan fingerprint density at radius 2 is 2.15 bits per heavy atom. The standard InChI is InChI=1S/C19H22N6O2/c26-17-3-2-16-9-15(10-21-19(16)23-17)1-4-18(27)24-7-5-14(6-8-24)11-25-13-20-12-22-25/h1,4,9-10,12-14H,2-3,5-8,11H2,(H,21,23,26)/b4-1+. The average Bonchev–Trinajstić information content (AvgIpc) is 3.19. The first-order chi connectivity index (χ1) is 13.2. The molecule has 2 amide bonds. The van der Waals surface area contributed by atoms with E-state index in [2.05, 4.69) is 20.4 Å². The number of fused-ring (bicyclic) bond motifs is 1. The van der Waals surface area contributed by atoms with Crippen LogP contribution in [0.2, 0.25) is 0 Å². The second-order valence-corrected chi connectivity index (χ2v) is 7.04. The van der Waals surface area contributed by atoms with Crippen molar-refractivity contribution >= 4 is 23.7 Å². The minimum absolute atomic E-state index is 0.000641. The van der Waals surface area contributed by atoms with Crippen molar-refractivity contribution in [1.29, 1.82) is 0 Å². The van der Waals surface area contributed by atoms with Crippen LogP contribution >= 0.6 is 0 Å². The lowest BCUT2D eigenvalue weighted by Crippen LogP contribution is -2.38. The molecule has 1 saturated heterocycles. The first-order valence-corrected chi connectivity index (χ1v) is 9.25. The summed E-state index contributed by atoms with van der Waals surface area (Å²) >= 11 is 0. The van der Waals surface area contributed by atoms with Gasteiger partial charge < -0.3 is 10.2 Å². The highest BCUT2D eigenvalue weighted by molar-refractivity contribution is 5.93. The molecule has 8 nitrogen and oxygen atoms in total. The van der Waals surface area contributed by atoms with E-state index >= 15 is 0 Å². The van der Waals surface area contributed by atoms with Gasteiger partial charge in [0.25, 0.3) is 0 Å². The molecular formula is C19H22N6O2. The number of aryl methyl sites for hydroxylation is 1. The molecule has 140 valence electrons. The van der Waals surface area contributed by atoms with Gasteiger partial charge in [-0.3, -0.25) is 14.3 Å². The Morgan fingerprint density at radius 3 is 2.93 bits per heavy atom. The van der Waals surface area contributed by atoms with Crippen LogP contribution in [0.4, 0.5) is 5.82 Å². The molecule has 1 fully saturated rings. The van der Waals surface area contributed by atoms with Gasteiger partial charge in [0, 0.05) is 38.3 Å². The van der Waals surface area contributed by atoms with Crippen LogP contribution in [0.5, 0.6) is 0 Å². The second kappa shape index (κ2) is 7.69. The highest BCUT2D eigenvalue weighted by Gasteiger charge is 2.22. The van der Waals surface area contributed by atoms with Gasteiger partial charge in [-0.2, -0.15) is 5.10 Å². The quantitative estimate of drug-likeness (QED) is 0.828.